The zero-order valence-corrected chi connectivity index (χ0v) is 11.6. The molecule has 1 rings (SSSR count). The Bertz CT molecular complexity index is 404. The summed E-state index contributed by atoms with van der Waals surface area (Å²) in [5, 5.41) is 3.42. The summed E-state index contributed by atoms with van der Waals surface area (Å²) < 4.78 is 5.87. The minimum absolute atomic E-state index is 0.472. The molecule has 0 aliphatic carbocycles. The number of rotatable bonds is 7. The molecule has 18 heavy (non-hydrogen) atoms. The van der Waals surface area contributed by atoms with E-state index in [2.05, 4.69) is 50.2 Å². The predicted octanol–water partition coefficient (Wildman–Crippen LogP) is 3.29. The van der Waals surface area contributed by atoms with Gasteiger partial charge in [0.25, 0.3) is 0 Å². The van der Waals surface area contributed by atoms with Gasteiger partial charge in [-0.2, -0.15) is 0 Å². The molecule has 0 amide bonds. The van der Waals surface area contributed by atoms with Crippen molar-refractivity contribution >= 4 is 0 Å². The van der Waals surface area contributed by atoms with E-state index in [1.54, 1.807) is 0 Å². The summed E-state index contributed by atoms with van der Waals surface area (Å²) in [7, 11) is 0. The SMILES string of the molecule is C#CCCCOc1c(C)cccc1CNC(C)C. The first-order valence-electron chi connectivity index (χ1n) is 6.53. The van der Waals surface area contributed by atoms with E-state index in [0.717, 1.165) is 25.1 Å². The maximum absolute atomic E-state index is 5.87. The zero-order valence-electron chi connectivity index (χ0n) is 11.6. The number of benzene rings is 1. The van der Waals surface area contributed by atoms with Crippen LogP contribution in [0.4, 0.5) is 0 Å². The molecule has 0 radical (unpaired) electrons. The van der Waals surface area contributed by atoms with Crippen molar-refractivity contribution in [3.8, 4) is 18.1 Å². The smallest absolute Gasteiger partial charge is 0.126 e. The van der Waals surface area contributed by atoms with E-state index in [0.29, 0.717) is 12.6 Å². The van der Waals surface area contributed by atoms with E-state index < -0.39 is 0 Å². The summed E-state index contributed by atoms with van der Waals surface area (Å²) >= 11 is 0. The molecule has 0 unspecified atom stereocenters. The summed E-state index contributed by atoms with van der Waals surface area (Å²) in [6, 6.07) is 6.73. The lowest BCUT2D eigenvalue weighted by Crippen LogP contribution is -2.22. The highest BCUT2D eigenvalue weighted by atomic mass is 16.5. The summed E-state index contributed by atoms with van der Waals surface area (Å²) in [6.07, 6.45) is 6.91. The zero-order chi connectivity index (χ0) is 13.4. The third-order valence-corrected chi connectivity index (χ3v) is 2.71. The fraction of sp³-hybridized carbons (Fsp3) is 0.500. The Balaban J connectivity index is 2.65. The van der Waals surface area contributed by atoms with Crippen molar-refractivity contribution in [3.05, 3.63) is 29.3 Å². The van der Waals surface area contributed by atoms with E-state index in [4.69, 9.17) is 11.2 Å². The highest BCUT2D eigenvalue weighted by Gasteiger charge is 2.07. The van der Waals surface area contributed by atoms with Crippen LogP contribution in [-0.4, -0.2) is 12.6 Å². The molecule has 0 atom stereocenters. The van der Waals surface area contributed by atoms with Gasteiger partial charge in [0.2, 0.25) is 0 Å². The molecule has 0 heterocycles. The lowest BCUT2D eigenvalue weighted by atomic mass is 10.1. The Morgan fingerprint density at radius 1 is 1.39 bits per heavy atom. The average Bonchev–Trinajstić information content (AvgIpc) is 2.34. The quantitative estimate of drug-likeness (QED) is 0.588. The molecule has 0 fully saturated rings. The first kappa shape index (κ1) is 14.6. The molecule has 0 saturated carbocycles. The maximum atomic E-state index is 5.87. The number of aryl methyl sites for hydroxylation is 1. The van der Waals surface area contributed by atoms with Crippen LogP contribution in [-0.2, 0) is 6.54 Å². The Morgan fingerprint density at radius 3 is 2.83 bits per heavy atom. The van der Waals surface area contributed by atoms with Crippen LogP contribution in [0.5, 0.6) is 5.75 Å². The maximum Gasteiger partial charge on any atom is 0.126 e. The van der Waals surface area contributed by atoms with E-state index in [1.165, 1.54) is 11.1 Å². The lowest BCUT2D eigenvalue weighted by molar-refractivity contribution is 0.306. The fourth-order valence-electron chi connectivity index (χ4n) is 1.72. The molecule has 0 aromatic heterocycles. The third-order valence-electron chi connectivity index (χ3n) is 2.71. The number of para-hydroxylation sites is 1. The van der Waals surface area contributed by atoms with Crippen molar-refractivity contribution in [1.82, 2.24) is 5.32 Å². The Labute approximate surface area is 111 Å². The van der Waals surface area contributed by atoms with Gasteiger partial charge in [0.05, 0.1) is 6.61 Å². The van der Waals surface area contributed by atoms with Crippen LogP contribution < -0.4 is 10.1 Å². The summed E-state index contributed by atoms with van der Waals surface area (Å²) in [5.41, 5.74) is 2.39. The number of hydrogen-bond acceptors (Lipinski definition) is 2. The van der Waals surface area contributed by atoms with Gasteiger partial charge in [0.15, 0.2) is 0 Å². The second-order valence-electron chi connectivity index (χ2n) is 4.75. The van der Waals surface area contributed by atoms with E-state index in [9.17, 15) is 0 Å². The highest BCUT2D eigenvalue weighted by Crippen LogP contribution is 2.23. The summed E-state index contributed by atoms with van der Waals surface area (Å²) in [4.78, 5) is 0. The monoisotopic (exact) mass is 245 g/mol. The van der Waals surface area contributed by atoms with Crippen molar-refractivity contribution in [2.45, 2.75) is 46.2 Å². The van der Waals surface area contributed by atoms with Crippen LogP contribution in [0, 0.1) is 19.3 Å². The average molecular weight is 245 g/mol. The first-order chi connectivity index (χ1) is 8.65. The Morgan fingerprint density at radius 2 is 2.17 bits per heavy atom. The molecule has 2 heteroatoms. The molecular formula is C16H23NO. The topological polar surface area (TPSA) is 21.3 Å². The van der Waals surface area contributed by atoms with Gasteiger partial charge in [-0.05, 0) is 18.9 Å². The minimum atomic E-state index is 0.472. The summed E-state index contributed by atoms with van der Waals surface area (Å²) in [6.45, 7) is 7.88. The molecule has 0 bridgehead atoms. The second-order valence-corrected chi connectivity index (χ2v) is 4.75. The standard InChI is InChI=1S/C16H23NO/c1-5-6-7-11-18-16-14(4)9-8-10-15(16)12-17-13(2)3/h1,8-10,13,17H,6-7,11-12H2,2-4H3. The Hall–Kier alpha value is -1.46. The van der Waals surface area contributed by atoms with E-state index in [1.807, 2.05) is 0 Å². The number of terminal acetylenes is 1. The molecule has 0 aliphatic heterocycles. The minimum Gasteiger partial charge on any atom is -0.493 e. The Kier molecular flexibility index (Phi) is 6.32. The van der Waals surface area contributed by atoms with Gasteiger partial charge in [-0.1, -0.05) is 32.0 Å². The van der Waals surface area contributed by atoms with Crippen molar-refractivity contribution in [2.75, 3.05) is 6.61 Å². The molecular weight excluding hydrogens is 222 g/mol. The number of unbranched alkanes of at least 4 members (excludes halogenated alkanes) is 1. The van der Waals surface area contributed by atoms with Crippen LogP contribution in [0.3, 0.4) is 0 Å². The van der Waals surface area contributed by atoms with Gasteiger partial charge >= 0.3 is 0 Å². The van der Waals surface area contributed by atoms with E-state index >= 15 is 0 Å². The van der Waals surface area contributed by atoms with Crippen molar-refractivity contribution in [1.29, 1.82) is 0 Å². The van der Waals surface area contributed by atoms with Gasteiger partial charge in [-0.3, -0.25) is 0 Å². The fourth-order valence-corrected chi connectivity index (χ4v) is 1.72. The van der Waals surface area contributed by atoms with Crippen molar-refractivity contribution in [2.24, 2.45) is 0 Å². The van der Waals surface area contributed by atoms with Crippen LogP contribution in [0.2, 0.25) is 0 Å². The van der Waals surface area contributed by atoms with E-state index in [-0.39, 0.29) is 0 Å². The number of nitrogens with one attached hydrogen (secondary N) is 1. The molecule has 1 aromatic rings. The molecule has 2 nitrogen and oxygen atoms in total. The van der Waals surface area contributed by atoms with Gasteiger partial charge < -0.3 is 10.1 Å². The molecule has 0 aliphatic rings. The highest BCUT2D eigenvalue weighted by molar-refractivity contribution is 5.40. The predicted molar refractivity (Wildman–Crippen MR) is 76.7 cm³/mol. The lowest BCUT2D eigenvalue weighted by Gasteiger charge is -2.15. The van der Waals surface area contributed by atoms with Crippen LogP contribution in [0.25, 0.3) is 0 Å². The summed E-state index contributed by atoms with van der Waals surface area (Å²) in [5.74, 6) is 3.63. The van der Waals surface area contributed by atoms with Crippen LogP contribution in [0.15, 0.2) is 18.2 Å². The van der Waals surface area contributed by atoms with Gasteiger partial charge in [0, 0.05) is 24.6 Å². The largest absolute Gasteiger partial charge is 0.493 e. The molecule has 0 spiro atoms. The van der Waals surface area contributed by atoms with Gasteiger partial charge in [-0.15, -0.1) is 12.3 Å². The molecule has 98 valence electrons. The van der Waals surface area contributed by atoms with Crippen molar-refractivity contribution < 1.29 is 4.74 Å². The molecule has 1 aromatic carbocycles. The van der Waals surface area contributed by atoms with Crippen LogP contribution in [0.1, 0.15) is 37.8 Å². The van der Waals surface area contributed by atoms with Gasteiger partial charge in [-0.25, -0.2) is 0 Å². The normalized spacial score (nSPS) is 10.4. The second kappa shape index (κ2) is 7.79. The van der Waals surface area contributed by atoms with Crippen molar-refractivity contribution in [3.63, 3.8) is 0 Å². The van der Waals surface area contributed by atoms with Crippen LogP contribution >= 0.6 is 0 Å². The molecule has 0 saturated heterocycles. The number of ether oxygens (including phenoxy) is 1. The third kappa shape index (κ3) is 4.81. The first-order valence-corrected chi connectivity index (χ1v) is 6.53. The molecule has 1 N–H and O–H groups in total. The van der Waals surface area contributed by atoms with Gasteiger partial charge in [0.1, 0.15) is 5.75 Å². The number of hydrogen-bond donors (Lipinski definition) is 1.